The maximum atomic E-state index is 11.2. The molecule has 1 aliphatic carbocycles. The molecule has 0 heterocycles. The number of Topliss-reactive ketones (excluding diaryl/α,β-unsaturated/α-hetero) is 1. The molecule has 0 aliphatic heterocycles. The van der Waals surface area contributed by atoms with Crippen LogP contribution in [0.25, 0.3) is 0 Å². The van der Waals surface area contributed by atoms with Crippen molar-refractivity contribution in [3.63, 3.8) is 0 Å². The van der Waals surface area contributed by atoms with Crippen LogP contribution in [0.2, 0.25) is 0 Å². The Bertz CT molecular complexity index is 125. The van der Waals surface area contributed by atoms with E-state index in [9.17, 15) is 4.79 Å². The van der Waals surface area contributed by atoms with E-state index in [2.05, 4.69) is 13.8 Å². The lowest BCUT2D eigenvalue weighted by Crippen LogP contribution is -2.05. The summed E-state index contributed by atoms with van der Waals surface area (Å²) >= 11 is 0. The monoisotopic (exact) mass is 140 g/mol. The van der Waals surface area contributed by atoms with E-state index in [1.807, 2.05) is 0 Å². The first-order chi connectivity index (χ1) is 4.74. The van der Waals surface area contributed by atoms with E-state index in [1.54, 1.807) is 0 Å². The predicted octanol–water partition coefficient (Wildman–Crippen LogP) is 2.40. The SMILES string of the molecule is CCC(C)CC(=O)C1CC1. The average molecular weight is 140 g/mol. The molecule has 0 radical (unpaired) electrons. The van der Waals surface area contributed by atoms with Crippen LogP contribution in [0, 0.1) is 11.8 Å². The zero-order chi connectivity index (χ0) is 7.56. The molecule has 0 saturated heterocycles. The summed E-state index contributed by atoms with van der Waals surface area (Å²) in [6.45, 7) is 4.30. The van der Waals surface area contributed by atoms with Crippen molar-refractivity contribution < 1.29 is 4.79 Å². The first-order valence-electron chi connectivity index (χ1n) is 4.26. The third kappa shape index (κ3) is 2.13. The highest BCUT2D eigenvalue weighted by atomic mass is 16.1. The molecular weight excluding hydrogens is 124 g/mol. The maximum absolute atomic E-state index is 11.2. The van der Waals surface area contributed by atoms with Crippen molar-refractivity contribution in [2.24, 2.45) is 11.8 Å². The van der Waals surface area contributed by atoms with Crippen LogP contribution in [0.15, 0.2) is 0 Å². The van der Waals surface area contributed by atoms with Gasteiger partial charge in [0.05, 0.1) is 0 Å². The Kier molecular flexibility index (Phi) is 2.47. The molecule has 1 nitrogen and oxygen atoms in total. The molecule has 0 aromatic carbocycles. The van der Waals surface area contributed by atoms with Crippen molar-refractivity contribution in [3.8, 4) is 0 Å². The molecule has 58 valence electrons. The van der Waals surface area contributed by atoms with Crippen LogP contribution in [0.3, 0.4) is 0 Å². The zero-order valence-corrected chi connectivity index (χ0v) is 6.89. The fraction of sp³-hybridized carbons (Fsp3) is 0.889. The molecule has 1 aliphatic rings. The van der Waals surface area contributed by atoms with Gasteiger partial charge in [0.1, 0.15) is 5.78 Å². The summed E-state index contributed by atoms with van der Waals surface area (Å²) in [7, 11) is 0. The van der Waals surface area contributed by atoms with E-state index in [4.69, 9.17) is 0 Å². The third-order valence-electron chi connectivity index (χ3n) is 2.28. The molecule has 0 N–H and O–H groups in total. The highest BCUT2D eigenvalue weighted by molar-refractivity contribution is 5.83. The van der Waals surface area contributed by atoms with E-state index in [0.717, 1.165) is 25.7 Å². The van der Waals surface area contributed by atoms with Crippen LogP contribution >= 0.6 is 0 Å². The van der Waals surface area contributed by atoms with Gasteiger partial charge in [-0.1, -0.05) is 20.3 Å². The number of carbonyl (C=O) groups excluding carboxylic acids is 1. The lowest BCUT2D eigenvalue weighted by molar-refractivity contribution is -0.121. The highest BCUT2D eigenvalue weighted by Crippen LogP contribution is 2.32. The first-order valence-corrected chi connectivity index (χ1v) is 4.26. The summed E-state index contributed by atoms with van der Waals surface area (Å²) < 4.78 is 0. The van der Waals surface area contributed by atoms with E-state index < -0.39 is 0 Å². The van der Waals surface area contributed by atoms with Crippen LogP contribution < -0.4 is 0 Å². The normalized spacial score (nSPS) is 20.6. The third-order valence-corrected chi connectivity index (χ3v) is 2.28. The van der Waals surface area contributed by atoms with Crippen LogP contribution in [0.4, 0.5) is 0 Å². The maximum Gasteiger partial charge on any atom is 0.136 e. The summed E-state index contributed by atoms with van der Waals surface area (Å²) in [6, 6.07) is 0. The van der Waals surface area contributed by atoms with E-state index in [0.29, 0.717) is 17.6 Å². The second-order valence-corrected chi connectivity index (χ2v) is 3.46. The van der Waals surface area contributed by atoms with Crippen molar-refractivity contribution in [2.45, 2.75) is 39.5 Å². The first kappa shape index (κ1) is 7.77. The lowest BCUT2D eigenvalue weighted by Gasteiger charge is -2.04. The summed E-state index contributed by atoms with van der Waals surface area (Å²) in [5.41, 5.74) is 0. The van der Waals surface area contributed by atoms with Crippen molar-refractivity contribution >= 4 is 5.78 Å². The molecular formula is C9H16O. The predicted molar refractivity (Wildman–Crippen MR) is 41.8 cm³/mol. The zero-order valence-electron chi connectivity index (χ0n) is 6.89. The van der Waals surface area contributed by atoms with Crippen molar-refractivity contribution in [1.82, 2.24) is 0 Å². The van der Waals surface area contributed by atoms with Gasteiger partial charge in [-0.15, -0.1) is 0 Å². The van der Waals surface area contributed by atoms with Crippen LogP contribution in [-0.2, 0) is 4.79 Å². The second kappa shape index (κ2) is 3.18. The Balaban J connectivity index is 2.16. The minimum atomic E-state index is 0.467. The minimum absolute atomic E-state index is 0.467. The summed E-state index contributed by atoms with van der Waals surface area (Å²) in [4.78, 5) is 11.2. The van der Waals surface area contributed by atoms with Gasteiger partial charge < -0.3 is 0 Å². The molecule has 1 atom stereocenters. The topological polar surface area (TPSA) is 17.1 Å². The van der Waals surface area contributed by atoms with Gasteiger partial charge in [-0.25, -0.2) is 0 Å². The van der Waals surface area contributed by atoms with Crippen LogP contribution in [0.5, 0.6) is 0 Å². The van der Waals surface area contributed by atoms with Gasteiger partial charge in [0.2, 0.25) is 0 Å². The van der Waals surface area contributed by atoms with Gasteiger partial charge in [-0.2, -0.15) is 0 Å². The molecule has 1 saturated carbocycles. The molecule has 0 aromatic rings. The highest BCUT2D eigenvalue weighted by Gasteiger charge is 2.29. The fourth-order valence-electron chi connectivity index (χ4n) is 1.06. The Morgan fingerprint density at radius 3 is 2.60 bits per heavy atom. The van der Waals surface area contributed by atoms with Crippen LogP contribution in [-0.4, -0.2) is 5.78 Å². The summed E-state index contributed by atoms with van der Waals surface area (Å²) in [6.07, 6.45) is 4.28. The quantitative estimate of drug-likeness (QED) is 0.586. The molecule has 0 aromatic heterocycles. The van der Waals surface area contributed by atoms with Crippen molar-refractivity contribution in [3.05, 3.63) is 0 Å². The van der Waals surface area contributed by atoms with E-state index in [1.165, 1.54) is 0 Å². The molecule has 0 bridgehead atoms. The molecule has 10 heavy (non-hydrogen) atoms. The smallest absolute Gasteiger partial charge is 0.136 e. The number of hydrogen-bond donors (Lipinski definition) is 0. The van der Waals surface area contributed by atoms with Gasteiger partial charge in [0.15, 0.2) is 0 Å². The fourth-order valence-corrected chi connectivity index (χ4v) is 1.06. The number of hydrogen-bond acceptors (Lipinski definition) is 1. The number of carbonyl (C=O) groups is 1. The summed E-state index contributed by atoms with van der Waals surface area (Å²) in [5.74, 6) is 1.58. The Morgan fingerprint density at radius 1 is 1.60 bits per heavy atom. The Morgan fingerprint density at radius 2 is 2.20 bits per heavy atom. The van der Waals surface area contributed by atoms with Gasteiger partial charge in [0, 0.05) is 12.3 Å². The Labute approximate surface area is 62.8 Å². The molecule has 0 amide bonds. The largest absolute Gasteiger partial charge is 0.299 e. The lowest BCUT2D eigenvalue weighted by atomic mass is 10.00. The molecule has 1 heteroatoms. The standard InChI is InChI=1S/C9H16O/c1-3-7(2)6-9(10)8-4-5-8/h7-8H,3-6H2,1-2H3. The molecule has 1 rings (SSSR count). The molecule has 1 unspecified atom stereocenters. The molecule has 0 spiro atoms. The number of ketones is 1. The van der Waals surface area contributed by atoms with Crippen LogP contribution in [0.1, 0.15) is 39.5 Å². The second-order valence-electron chi connectivity index (χ2n) is 3.46. The van der Waals surface area contributed by atoms with Gasteiger partial charge in [-0.05, 0) is 18.8 Å². The van der Waals surface area contributed by atoms with Gasteiger partial charge in [-0.3, -0.25) is 4.79 Å². The minimum Gasteiger partial charge on any atom is -0.299 e. The van der Waals surface area contributed by atoms with Crippen molar-refractivity contribution in [1.29, 1.82) is 0 Å². The molecule has 1 fully saturated rings. The Hall–Kier alpha value is -0.330. The van der Waals surface area contributed by atoms with E-state index >= 15 is 0 Å². The van der Waals surface area contributed by atoms with E-state index in [-0.39, 0.29) is 0 Å². The van der Waals surface area contributed by atoms with Crippen molar-refractivity contribution in [2.75, 3.05) is 0 Å². The average Bonchev–Trinajstić information content (AvgIpc) is 2.68. The number of rotatable bonds is 4. The summed E-state index contributed by atoms with van der Waals surface area (Å²) in [5, 5.41) is 0. The van der Waals surface area contributed by atoms with Gasteiger partial charge >= 0.3 is 0 Å². The van der Waals surface area contributed by atoms with Gasteiger partial charge in [0.25, 0.3) is 0 Å².